The van der Waals surface area contributed by atoms with Gasteiger partial charge in [-0.25, -0.2) is 13.2 Å². The standard InChI is InChI=1S/C13H10BF3O/c1-14(18)10-4-2-8(6-12(10)16)9-3-5-11(15)13(17)7-9/h2-7,18H,1H3. The van der Waals surface area contributed by atoms with E-state index in [0.717, 1.165) is 12.1 Å². The lowest BCUT2D eigenvalue weighted by atomic mass is 9.64. The summed E-state index contributed by atoms with van der Waals surface area (Å²) in [4.78, 5) is 0. The number of benzene rings is 2. The zero-order chi connectivity index (χ0) is 13.3. The Labute approximate surface area is 103 Å². The van der Waals surface area contributed by atoms with Crippen molar-refractivity contribution in [2.24, 2.45) is 0 Å². The minimum absolute atomic E-state index is 0.168. The zero-order valence-electron chi connectivity index (χ0n) is 9.62. The fraction of sp³-hybridized carbons (Fsp3) is 0.0769. The summed E-state index contributed by atoms with van der Waals surface area (Å²) in [5, 5.41) is 9.30. The van der Waals surface area contributed by atoms with Gasteiger partial charge in [0.05, 0.1) is 0 Å². The van der Waals surface area contributed by atoms with Crippen molar-refractivity contribution in [3.63, 3.8) is 0 Å². The van der Waals surface area contributed by atoms with Crippen molar-refractivity contribution in [3.05, 3.63) is 53.8 Å². The molecule has 0 saturated carbocycles. The highest BCUT2D eigenvalue weighted by Gasteiger charge is 2.13. The topological polar surface area (TPSA) is 20.2 Å². The van der Waals surface area contributed by atoms with Gasteiger partial charge in [-0.3, -0.25) is 0 Å². The molecule has 2 aromatic rings. The van der Waals surface area contributed by atoms with Crippen LogP contribution in [-0.2, 0) is 0 Å². The number of hydrogen-bond acceptors (Lipinski definition) is 1. The van der Waals surface area contributed by atoms with Crippen LogP contribution in [-0.4, -0.2) is 11.9 Å². The van der Waals surface area contributed by atoms with Gasteiger partial charge in [-0.2, -0.15) is 0 Å². The van der Waals surface area contributed by atoms with Gasteiger partial charge in [-0.1, -0.05) is 25.0 Å². The lowest BCUT2D eigenvalue weighted by Gasteiger charge is -2.07. The van der Waals surface area contributed by atoms with Crippen LogP contribution in [0.4, 0.5) is 13.2 Å². The zero-order valence-corrected chi connectivity index (χ0v) is 9.62. The van der Waals surface area contributed by atoms with E-state index in [2.05, 4.69) is 0 Å². The molecule has 92 valence electrons. The molecule has 5 heteroatoms. The Kier molecular flexibility index (Phi) is 3.43. The highest BCUT2D eigenvalue weighted by Crippen LogP contribution is 2.21. The number of hydrogen-bond donors (Lipinski definition) is 1. The molecule has 2 rings (SSSR count). The quantitative estimate of drug-likeness (QED) is 0.812. The van der Waals surface area contributed by atoms with Crippen LogP contribution in [0.15, 0.2) is 36.4 Å². The second-order valence-corrected chi connectivity index (χ2v) is 4.04. The fourth-order valence-electron chi connectivity index (χ4n) is 1.72. The molecule has 0 unspecified atom stereocenters. The maximum absolute atomic E-state index is 13.6. The Morgan fingerprint density at radius 2 is 1.39 bits per heavy atom. The van der Waals surface area contributed by atoms with Gasteiger partial charge in [0.2, 0.25) is 0 Å². The van der Waals surface area contributed by atoms with Crippen LogP contribution in [0.1, 0.15) is 0 Å². The van der Waals surface area contributed by atoms with Gasteiger partial charge >= 0.3 is 6.92 Å². The largest absolute Gasteiger partial charge is 0.446 e. The Morgan fingerprint density at radius 1 is 0.833 bits per heavy atom. The van der Waals surface area contributed by atoms with Crippen LogP contribution < -0.4 is 5.46 Å². The summed E-state index contributed by atoms with van der Waals surface area (Å²) >= 11 is 0. The molecule has 1 N–H and O–H groups in total. The van der Waals surface area contributed by atoms with E-state index in [1.54, 1.807) is 6.07 Å². The van der Waals surface area contributed by atoms with E-state index < -0.39 is 24.4 Å². The van der Waals surface area contributed by atoms with Gasteiger partial charge in [-0.05, 0) is 34.8 Å². The van der Waals surface area contributed by atoms with Crippen LogP contribution in [0.3, 0.4) is 0 Å². The molecule has 0 spiro atoms. The van der Waals surface area contributed by atoms with Crippen molar-refractivity contribution in [1.82, 2.24) is 0 Å². The number of rotatable bonds is 2. The van der Waals surface area contributed by atoms with E-state index in [9.17, 15) is 18.2 Å². The maximum Gasteiger partial charge on any atom is 0.323 e. The Morgan fingerprint density at radius 3 is 1.89 bits per heavy atom. The lowest BCUT2D eigenvalue weighted by molar-refractivity contribution is 0.509. The summed E-state index contributed by atoms with van der Waals surface area (Å²) in [7, 11) is 0. The fourth-order valence-corrected chi connectivity index (χ4v) is 1.72. The van der Waals surface area contributed by atoms with Gasteiger partial charge in [-0.15, -0.1) is 0 Å². The second-order valence-electron chi connectivity index (χ2n) is 4.04. The van der Waals surface area contributed by atoms with Gasteiger partial charge in [0.25, 0.3) is 0 Å². The summed E-state index contributed by atoms with van der Waals surface area (Å²) in [6.07, 6.45) is 0. The first kappa shape index (κ1) is 12.7. The molecule has 0 aliphatic carbocycles. The van der Waals surface area contributed by atoms with Gasteiger partial charge in [0.1, 0.15) is 5.82 Å². The van der Waals surface area contributed by atoms with Crippen molar-refractivity contribution in [2.45, 2.75) is 6.82 Å². The van der Waals surface area contributed by atoms with E-state index in [1.165, 1.54) is 25.0 Å². The van der Waals surface area contributed by atoms with E-state index in [-0.39, 0.29) is 5.46 Å². The maximum atomic E-state index is 13.6. The first-order valence-corrected chi connectivity index (χ1v) is 5.42. The molecule has 0 aliphatic heterocycles. The second kappa shape index (κ2) is 4.86. The lowest BCUT2D eigenvalue weighted by Crippen LogP contribution is -2.29. The van der Waals surface area contributed by atoms with Crippen molar-refractivity contribution in [3.8, 4) is 11.1 Å². The summed E-state index contributed by atoms with van der Waals surface area (Å²) < 4.78 is 39.5. The average Bonchev–Trinajstić information content (AvgIpc) is 2.32. The van der Waals surface area contributed by atoms with Crippen LogP contribution in [0.2, 0.25) is 6.82 Å². The predicted molar refractivity (Wildman–Crippen MR) is 65.2 cm³/mol. The molecule has 0 amide bonds. The Balaban J connectivity index is 2.45. The van der Waals surface area contributed by atoms with Crippen molar-refractivity contribution in [1.29, 1.82) is 0 Å². The van der Waals surface area contributed by atoms with Crippen LogP contribution >= 0.6 is 0 Å². The van der Waals surface area contributed by atoms with Crippen molar-refractivity contribution >= 4 is 12.4 Å². The van der Waals surface area contributed by atoms with Gasteiger partial charge in [0, 0.05) is 0 Å². The molecular weight excluding hydrogens is 240 g/mol. The third-order valence-electron chi connectivity index (χ3n) is 2.70. The van der Waals surface area contributed by atoms with Gasteiger partial charge < -0.3 is 5.02 Å². The first-order valence-electron chi connectivity index (χ1n) is 5.42. The SMILES string of the molecule is CB(O)c1ccc(-c2ccc(F)c(F)c2)cc1F. The molecule has 0 aromatic heterocycles. The molecule has 0 radical (unpaired) electrons. The summed E-state index contributed by atoms with van der Waals surface area (Å²) in [5.74, 6) is -2.50. The summed E-state index contributed by atoms with van der Waals surface area (Å²) in [6.45, 7) is 0.541. The Hall–Kier alpha value is -1.75. The van der Waals surface area contributed by atoms with E-state index >= 15 is 0 Å². The molecule has 0 aliphatic rings. The molecule has 0 saturated heterocycles. The van der Waals surface area contributed by atoms with Crippen molar-refractivity contribution in [2.75, 3.05) is 0 Å². The molecular formula is C13H10BF3O. The molecule has 0 bridgehead atoms. The molecule has 2 aromatic carbocycles. The van der Waals surface area contributed by atoms with E-state index in [1.807, 2.05) is 0 Å². The highest BCUT2D eigenvalue weighted by atomic mass is 19.2. The van der Waals surface area contributed by atoms with Crippen LogP contribution in [0.5, 0.6) is 0 Å². The highest BCUT2D eigenvalue weighted by molar-refractivity contribution is 6.64. The first-order chi connectivity index (χ1) is 8.49. The molecule has 1 nitrogen and oxygen atoms in total. The predicted octanol–water partition coefficient (Wildman–Crippen LogP) is 2.59. The number of halogens is 3. The average molecular weight is 250 g/mol. The summed E-state index contributed by atoms with van der Waals surface area (Å²) in [5.41, 5.74) is 0.974. The normalized spacial score (nSPS) is 10.5. The molecule has 0 fully saturated rings. The van der Waals surface area contributed by atoms with Crippen LogP contribution in [0.25, 0.3) is 11.1 Å². The Bertz CT molecular complexity index is 584. The molecule has 0 atom stereocenters. The van der Waals surface area contributed by atoms with Crippen LogP contribution in [0, 0.1) is 17.5 Å². The molecule has 18 heavy (non-hydrogen) atoms. The minimum Gasteiger partial charge on any atom is -0.446 e. The third-order valence-corrected chi connectivity index (χ3v) is 2.70. The van der Waals surface area contributed by atoms with Crippen molar-refractivity contribution < 1.29 is 18.2 Å². The van der Waals surface area contributed by atoms with E-state index in [4.69, 9.17) is 0 Å². The monoisotopic (exact) mass is 250 g/mol. The third kappa shape index (κ3) is 2.41. The van der Waals surface area contributed by atoms with Gasteiger partial charge in [0.15, 0.2) is 11.6 Å². The minimum atomic E-state index is -0.979. The smallest absolute Gasteiger partial charge is 0.323 e. The van der Waals surface area contributed by atoms with E-state index in [0.29, 0.717) is 11.1 Å². The summed E-state index contributed by atoms with van der Waals surface area (Å²) in [6, 6.07) is 7.54. The molecule has 0 heterocycles.